The Morgan fingerprint density at radius 3 is 2.59 bits per heavy atom. The minimum absolute atomic E-state index is 0.279. The number of rotatable bonds is 6. The summed E-state index contributed by atoms with van der Waals surface area (Å²) in [6.45, 7) is 0.743. The van der Waals surface area contributed by atoms with Crippen LogP contribution in [0.1, 0.15) is 27.1 Å². The average Bonchev–Trinajstić information content (AvgIpc) is 2.95. The summed E-state index contributed by atoms with van der Waals surface area (Å²) in [7, 11) is 1.49. The molecule has 0 saturated heterocycles. The molecule has 0 N–H and O–H groups in total. The second-order valence-corrected chi connectivity index (χ2v) is 6.66. The van der Waals surface area contributed by atoms with Crippen LogP contribution in [0.5, 0.6) is 17.2 Å². The van der Waals surface area contributed by atoms with Gasteiger partial charge in [-0.2, -0.15) is 0 Å². The molecule has 1 aliphatic heterocycles. The van der Waals surface area contributed by atoms with Crippen LogP contribution < -0.4 is 14.2 Å². The van der Waals surface area contributed by atoms with Gasteiger partial charge in [0.25, 0.3) is 0 Å². The molecule has 0 unspecified atom stereocenters. The summed E-state index contributed by atoms with van der Waals surface area (Å²) in [4.78, 5) is 25.7. The summed E-state index contributed by atoms with van der Waals surface area (Å²) in [6.07, 6.45) is 2.72. The van der Waals surface area contributed by atoms with E-state index in [9.17, 15) is 9.59 Å². The van der Waals surface area contributed by atoms with Gasteiger partial charge in [-0.05, 0) is 42.7 Å². The topological polar surface area (TPSA) is 71.1 Å². The largest absolute Gasteiger partial charge is 0.496 e. The van der Waals surface area contributed by atoms with Crippen LogP contribution in [0, 0.1) is 0 Å². The Hall–Kier alpha value is -2.67. The monoisotopic (exact) mass is 388 g/mol. The fraction of sp³-hybridized carbons (Fsp3) is 0.300. The molecule has 2 aromatic carbocycles. The van der Waals surface area contributed by atoms with E-state index in [4.69, 9.17) is 18.9 Å². The maximum atomic E-state index is 12.4. The molecular weight excluding hydrogens is 368 g/mol. The van der Waals surface area contributed by atoms with Gasteiger partial charge < -0.3 is 18.9 Å². The lowest BCUT2D eigenvalue weighted by atomic mass is 10.1. The Morgan fingerprint density at radius 1 is 1.07 bits per heavy atom. The third-order valence-corrected chi connectivity index (χ3v) is 4.76. The lowest BCUT2D eigenvalue weighted by Gasteiger charge is -2.11. The Labute approximate surface area is 161 Å². The molecule has 3 rings (SSSR count). The zero-order valence-electron chi connectivity index (χ0n) is 15.2. The van der Waals surface area contributed by atoms with E-state index >= 15 is 0 Å². The maximum absolute atomic E-state index is 12.4. The fourth-order valence-corrected chi connectivity index (χ4v) is 3.03. The number of Topliss-reactive ketones (excluding diaryl/α,β-unsaturated/α-hetero) is 1. The molecule has 0 amide bonds. The first kappa shape index (κ1) is 19.1. The molecule has 6 nitrogen and oxygen atoms in total. The van der Waals surface area contributed by atoms with Gasteiger partial charge in [0.15, 0.2) is 23.9 Å². The predicted molar refractivity (Wildman–Crippen MR) is 101 cm³/mol. The Morgan fingerprint density at radius 2 is 1.85 bits per heavy atom. The van der Waals surface area contributed by atoms with E-state index in [0.29, 0.717) is 36.0 Å². The number of hydrogen-bond donors (Lipinski definition) is 0. The number of carbonyl (C=O) groups is 2. The van der Waals surface area contributed by atoms with E-state index in [2.05, 4.69) is 0 Å². The number of ketones is 1. The highest BCUT2D eigenvalue weighted by Crippen LogP contribution is 2.30. The first-order valence-corrected chi connectivity index (χ1v) is 9.67. The Bertz CT molecular complexity index is 848. The van der Waals surface area contributed by atoms with Crippen LogP contribution in [0.4, 0.5) is 0 Å². The summed E-state index contributed by atoms with van der Waals surface area (Å²) in [5, 5.41) is 0. The quantitative estimate of drug-likeness (QED) is 0.425. The number of thioether (sulfide) groups is 1. The van der Waals surface area contributed by atoms with Gasteiger partial charge in [0.05, 0.1) is 20.3 Å². The molecule has 27 heavy (non-hydrogen) atoms. The number of carbonyl (C=O) groups excluding carboxylic acids is 2. The van der Waals surface area contributed by atoms with E-state index in [1.807, 2.05) is 6.26 Å². The van der Waals surface area contributed by atoms with E-state index in [0.717, 1.165) is 11.3 Å². The SMILES string of the molecule is COc1cc(SC)ccc1C(=O)OCC(=O)c1ccc2c(c1)OCCCO2. The van der Waals surface area contributed by atoms with E-state index < -0.39 is 5.97 Å². The predicted octanol–water partition coefficient (Wildman–Crippen LogP) is 3.62. The van der Waals surface area contributed by atoms with Crippen LogP contribution in [-0.4, -0.2) is 44.9 Å². The van der Waals surface area contributed by atoms with Crippen molar-refractivity contribution in [1.82, 2.24) is 0 Å². The highest BCUT2D eigenvalue weighted by Gasteiger charge is 2.18. The van der Waals surface area contributed by atoms with Gasteiger partial charge in [-0.3, -0.25) is 4.79 Å². The Balaban J connectivity index is 1.67. The van der Waals surface area contributed by atoms with Crippen molar-refractivity contribution in [1.29, 1.82) is 0 Å². The van der Waals surface area contributed by atoms with E-state index in [1.165, 1.54) is 18.9 Å². The zero-order valence-corrected chi connectivity index (χ0v) is 16.0. The number of hydrogen-bond acceptors (Lipinski definition) is 7. The molecule has 1 heterocycles. The van der Waals surface area contributed by atoms with Crippen molar-refractivity contribution in [2.24, 2.45) is 0 Å². The summed E-state index contributed by atoms with van der Waals surface area (Å²) >= 11 is 1.54. The van der Waals surface area contributed by atoms with Crippen LogP contribution in [0.25, 0.3) is 0 Å². The second kappa shape index (κ2) is 8.81. The van der Waals surface area contributed by atoms with Gasteiger partial charge in [-0.15, -0.1) is 11.8 Å². The third-order valence-electron chi connectivity index (χ3n) is 4.03. The molecule has 0 spiro atoms. The molecular formula is C20H20O6S. The van der Waals surface area contributed by atoms with E-state index in [-0.39, 0.29) is 18.0 Å². The lowest BCUT2D eigenvalue weighted by molar-refractivity contribution is 0.0471. The van der Waals surface area contributed by atoms with Crippen molar-refractivity contribution in [3.8, 4) is 17.2 Å². The summed E-state index contributed by atoms with van der Waals surface area (Å²) < 4.78 is 21.6. The molecule has 7 heteroatoms. The number of fused-ring (bicyclic) bond motifs is 1. The van der Waals surface area contributed by atoms with Crippen molar-refractivity contribution in [2.45, 2.75) is 11.3 Å². The van der Waals surface area contributed by atoms with Crippen LogP contribution in [-0.2, 0) is 4.74 Å². The molecule has 0 atom stereocenters. The maximum Gasteiger partial charge on any atom is 0.342 e. The minimum Gasteiger partial charge on any atom is -0.496 e. The van der Waals surface area contributed by atoms with Crippen molar-refractivity contribution in [3.63, 3.8) is 0 Å². The second-order valence-electron chi connectivity index (χ2n) is 5.78. The molecule has 0 aromatic heterocycles. The number of benzene rings is 2. The lowest BCUT2D eigenvalue weighted by Crippen LogP contribution is -2.15. The van der Waals surface area contributed by atoms with Gasteiger partial charge in [0, 0.05) is 16.9 Å². The smallest absolute Gasteiger partial charge is 0.342 e. The molecule has 0 bridgehead atoms. The number of ether oxygens (including phenoxy) is 4. The number of methoxy groups -OCH3 is 1. The zero-order chi connectivity index (χ0) is 19.2. The molecule has 2 aromatic rings. The van der Waals surface area contributed by atoms with Gasteiger partial charge in [-0.1, -0.05) is 0 Å². The summed E-state index contributed by atoms with van der Waals surface area (Å²) in [6, 6.07) is 10.1. The molecule has 0 aliphatic carbocycles. The first-order chi connectivity index (χ1) is 13.1. The Kier molecular flexibility index (Phi) is 6.24. The first-order valence-electron chi connectivity index (χ1n) is 8.44. The van der Waals surface area contributed by atoms with Crippen LogP contribution in [0.15, 0.2) is 41.3 Å². The van der Waals surface area contributed by atoms with Crippen LogP contribution in [0.2, 0.25) is 0 Å². The standard InChI is InChI=1S/C20H20O6S/c1-23-18-11-14(27-2)5-6-15(18)20(22)26-12-16(21)13-4-7-17-19(10-13)25-9-3-8-24-17/h4-7,10-11H,3,8-9,12H2,1-2H3. The van der Waals surface area contributed by atoms with Crippen LogP contribution in [0.3, 0.4) is 0 Å². The normalized spacial score (nSPS) is 12.8. The molecule has 0 saturated carbocycles. The average molecular weight is 388 g/mol. The number of esters is 1. The minimum atomic E-state index is -0.609. The van der Waals surface area contributed by atoms with Crippen LogP contribution >= 0.6 is 11.8 Å². The molecule has 0 radical (unpaired) electrons. The molecule has 1 aliphatic rings. The van der Waals surface area contributed by atoms with E-state index in [1.54, 1.807) is 36.4 Å². The van der Waals surface area contributed by atoms with Crippen molar-refractivity contribution in [2.75, 3.05) is 33.2 Å². The van der Waals surface area contributed by atoms with Crippen molar-refractivity contribution < 1.29 is 28.5 Å². The van der Waals surface area contributed by atoms with Gasteiger partial charge in [0.1, 0.15) is 11.3 Å². The highest BCUT2D eigenvalue weighted by molar-refractivity contribution is 7.98. The summed E-state index contributed by atoms with van der Waals surface area (Å²) in [5.74, 6) is 0.620. The van der Waals surface area contributed by atoms with Crippen molar-refractivity contribution in [3.05, 3.63) is 47.5 Å². The van der Waals surface area contributed by atoms with Gasteiger partial charge in [0.2, 0.25) is 0 Å². The van der Waals surface area contributed by atoms with Crippen molar-refractivity contribution >= 4 is 23.5 Å². The summed E-state index contributed by atoms with van der Waals surface area (Å²) in [5.41, 5.74) is 0.679. The highest BCUT2D eigenvalue weighted by atomic mass is 32.2. The van der Waals surface area contributed by atoms with Gasteiger partial charge in [-0.25, -0.2) is 4.79 Å². The third kappa shape index (κ3) is 4.54. The van der Waals surface area contributed by atoms with Gasteiger partial charge >= 0.3 is 5.97 Å². The molecule has 142 valence electrons. The molecule has 0 fully saturated rings. The fourth-order valence-electron chi connectivity index (χ4n) is 2.60.